The molecule has 51 heavy (non-hydrogen) atoms. The zero-order valence-electron chi connectivity index (χ0n) is 28.4. The number of carbonyl (C=O) groups is 1. The summed E-state index contributed by atoms with van der Waals surface area (Å²) in [6, 6.07) is -5.28. The third-order valence-corrected chi connectivity index (χ3v) is 10.1. The smallest absolute Gasteiger partial charge is 0.252 e. The van der Waals surface area contributed by atoms with E-state index in [0.29, 0.717) is 12.8 Å². The second-order valence-electron chi connectivity index (χ2n) is 13.5. The van der Waals surface area contributed by atoms with E-state index in [1.165, 1.54) is 0 Å². The Labute approximate surface area is 293 Å². The maximum atomic E-state index is 14.1. The molecule has 21 nitrogen and oxygen atoms in total. The average molecular weight is 746 g/mol. The second kappa shape index (κ2) is 18.3. The van der Waals surface area contributed by atoms with Gasteiger partial charge in [-0.15, -0.1) is 0 Å². The van der Waals surface area contributed by atoms with E-state index in [1.54, 1.807) is 7.05 Å². The summed E-state index contributed by atoms with van der Waals surface area (Å²) in [5, 5.41) is 80.2. The number of halogens is 1. The molecule has 298 valence electrons. The summed E-state index contributed by atoms with van der Waals surface area (Å²) in [6.07, 6.45) is -23.4. The molecule has 0 aromatic heterocycles. The van der Waals surface area contributed by atoms with E-state index in [0.717, 1.165) is 0 Å². The van der Waals surface area contributed by atoms with Crippen molar-refractivity contribution in [2.75, 3.05) is 26.7 Å². The quantitative estimate of drug-likeness (QED) is 0.0785. The van der Waals surface area contributed by atoms with Crippen LogP contribution in [0.5, 0.6) is 0 Å². The zero-order valence-corrected chi connectivity index (χ0v) is 28.4. The average Bonchev–Trinajstić information content (AvgIpc) is 3.42. The van der Waals surface area contributed by atoms with Crippen LogP contribution in [0.1, 0.15) is 19.8 Å². The lowest BCUT2D eigenvalue weighted by Gasteiger charge is -2.49. The highest BCUT2D eigenvalue weighted by atomic mass is 19.1. The molecule has 1 saturated carbocycles. The predicted molar refractivity (Wildman–Crippen MR) is 170 cm³/mol. The van der Waals surface area contributed by atoms with Gasteiger partial charge >= 0.3 is 0 Å². The van der Waals surface area contributed by atoms with Crippen molar-refractivity contribution >= 4 is 5.91 Å². The fourth-order valence-corrected chi connectivity index (χ4v) is 6.68. The molecule has 1 aliphatic carbocycles. The minimum absolute atomic E-state index is 0.120. The van der Waals surface area contributed by atoms with Crippen LogP contribution in [-0.2, 0) is 33.2 Å². The van der Waals surface area contributed by atoms with Crippen molar-refractivity contribution in [3.05, 3.63) is 0 Å². The first-order valence-corrected chi connectivity index (χ1v) is 17.0. The van der Waals surface area contributed by atoms with Crippen LogP contribution in [0.15, 0.2) is 0 Å². The Balaban J connectivity index is 1.60. The van der Waals surface area contributed by atoms with Gasteiger partial charge in [-0.1, -0.05) is 0 Å². The first-order valence-electron chi connectivity index (χ1n) is 17.0. The van der Waals surface area contributed by atoms with E-state index in [1.807, 2.05) is 6.92 Å². The molecule has 4 fully saturated rings. The Morgan fingerprint density at radius 1 is 0.824 bits per heavy atom. The van der Waals surface area contributed by atoms with Gasteiger partial charge in [0.05, 0.1) is 43.0 Å². The normalized spacial score (nSPS) is 46.7. The molecule has 21 atom stereocenters. The van der Waals surface area contributed by atoms with E-state index >= 15 is 0 Å². The molecule has 0 bridgehead atoms. The molecule has 19 N–H and O–H groups in total. The molecule has 0 aromatic rings. The van der Waals surface area contributed by atoms with Gasteiger partial charge in [-0.25, -0.2) is 4.39 Å². The van der Waals surface area contributed by atoms with Crippen molar-refractivity contribution in [2.45, 2.75) is 148 Å². The number of carbonyl (C=O) groups excluding carboxylic acids is 1. The molecule has 22 heteroatoms. The third kappa shape index (κ3) is 9.13. The van der Waals surface area contributed by atoms with Gasteiger partial charge in [0.25, 0.3) is 5.91 Å². The zero-order chi connectivity index (χ0) is 37.9. The summed E-state index contributed by atoms with van der Waals surface area (Å²) in [6.45, 7) is 0.235. The second-order valence-corrected chi connectivity index (χ2v) is 13.5. The number of nitrogens with two attached hydrogens (primary N) is 5. The number of alkyl halides is 1. The molecule has 0 aromatic carbocycles. The van der Waals surface area contributed by atoms with Crippen molar-refractivity contribution in [1.29, 1.82) is 0 Å². The summed E-state index contributed by atoms with van der Waals surface area (Å²) in [4.78, 5) is 12.7. The summed E-state index contributed by atoms with van der Waals surface area (Å²) >= 11 is 0. The number of aliphatic hydroxyl groups is 7. The molecule has 0 spiro atoms. The van der Waals surface area contributed by atoms with Gasteiger partial charge < -0.3 is 103 Å². The van der Waals surface area contributed by atoms with Gasteiger partial charge in [0.1, 0.15) is 61.1 Å². The number of rotatable bonds is 14. The molecule has 4 aliphatic rings. The Morgan fingerprint density at radius 3 is 2.06 bits per heavy atom. The van der Waals surface area contributed by atoms with Crippen LogP contribution in [0.3, 0.4) is 0 Å². The molecule has 3 unspecified atom stereocenters. The summed E-state index contributed by atoms with van der Waals surface area (Å²) < 4.78 is 49.6. The van der Waals surface area contributed by atoms with Gasteiger partial charge in [-0.05, 0) is 26.8 Å². The number of hydrogen-bond donors (Lipinski definition) is 14. The van der Waals surface area contributed by atoms with Crippen molar-refractivity contribution in [3.63, 3.8) is 0 Å². The maximum Gasteiger partial charge on any atom is 0.252 e. The third-order valence-electron chi connectivity index (χ3n) is 10.1. The van der Waals surface area contributed by atoms with Gasteiger partial charge in [0.2, 0.25) is 0 Å². The number of likely N-dealkylation sites (N-methyl/N-ethyl adjacent to an activating group) is 1. The number of ether oxygens (including phenoxy) is 6. The highest BCUT2D eigenvalue weighted by molar-refractivity contribution is 5.81. The Kier molecular flexibility index (Phi) is 15.2. The molecular formula is C29H56FN7O14. The molecule has 1 amide bonds. The number of amides is 1. The highest BCUT2D eigenvalue weighted by Gasteiger charge is 2.56. The van der Waals surface area contributed by atoms with E-state index in [-0.39, 0.29) is 18.7 Å². The van der Waals surface area contributed by atoms with Crippen LogP contribution in [0.4, 0.5) is 4.39 Å². The SMILES string of the molecule is CNC(C)[C@@H]1CC[C@@H](N)[C@@H](O[C@@H]2[C@@H](N)[C@H](O)[C@@H](NC(=O)C(O)C(F)CN)[C@H](O)[C@H]2O[C@@H]2O[C@H](CO)[C@@H](O[C@H]3O[C@@H](CN)[C@@H](O)[C@H](O)[C@H]3N)[C@H]2O)O1. The molecule has 3 saturated heterocycles. The number of hydrogen-bond acceptors (Lipinski definition) is 20. The van der Waals surface area contributed by atoms with E-state index in [4.69, 9.17) is 57.1 Å². The van der Waals surface area contributed by atoms with Crippen LogP contribution in [-0.4, -0.2) is 197 Å². The van der Waals surface area contributed by atoms with Crippen LogP contribution in [0, 0.1) is 0 Å². The van der Waals surface area contributed by atoms with E-state index < -0.39 is 135 Å². The molecule has 3 heterocycles. The van der Waals surface area contributed by atoms with Gasteiger partial charge in [0.15, 0.2) is 25.0 Å². The van der Waals surface area contributed by atoms with E-state index in [2.05, 4.69) is 10.6 Å². The van der Waals surface area contributed by atoms with Gasteiger partial charge in [-0.2, -0.15) is 0 Å². The molecular weight excluding hydrogens is 689 g/mol. The summed E-state index contributed by atoms with van der Waals surface area (Å²) in [5.41, 5.74) is 29.6. The Hall–Kier alpha value is -1.36. The largest absolute Gasteiger partial charge is 0.394 e. The fourth-order valence-electron chi connectivity index (χ4n) is 6.68. The van der Waals surface area contributed by atoms with Crippen LogP contribution >= 0.6 is 0 Å². The highest BCUT2D eigenvalue weighted by Crippen LogP contribution is 2.35. The molecule has 3 aliphatic heterocycles. The lowest BCUT2D eigenvalue weighted by molar-refractivity contribution is -0.298. The van der Waals surface area contributed by atoms with Crippen molar-refractivity contribution in [1.82, 2.24) is 10.6 Å². The Morgan fingerprint density at radius 2 is 1.45 bits per heavy atom. The number of aliphatic hydroxyl groups excluding tert-OH is 7. The van der Waals surface area contributed by atoms with Crippen molar-refractivity contribution in [3.8, 4) is 0 Å². The molecule has 0 radical (unpaired) electrons. The van der Waals surface area contributed by atoms with E-state index in [9.17, 15) is 44.9 Å². The van der Waals surface area contributed by atoms with Gasteiger partial charge in [-0.3, -0.25) is 4.79 Å². The first kappa shape index (κ1) is 42.4. The topological polar surface area (TPSA) is 368 Å². The Bertz CT molecular complexity index is 1110. The monoisotopic (exact) mass is 745 g/mol. The van der Waals surface area contributed by atoms with Crippen molar-refractivity contribution in [2.24, 2.45) is 28.7 Å². The molecule has 4 rings (SSSR count). The van der Waals surface area contributed by atoms with Gasteiger partial charge in [0, 0.05) is 19.1 Å². The number of nitrogens with one attached hydrogen (secondary N) is 2. The van der Waals surface area contributed by atoms with Crippen LogP contribution in [0.25, 0.3) is 0 Å². The standard InChI is InChI=1S/C29H56FN7O14/c1-8(36-2)11-4-3-10(33)27(46-11)50-24-14(34)19(41)16(37-26(45)17(39)9(30)5-31)21(43)25(24)51-29-22(44)23(13(7-38)48-29)49-28-15(35)20(42)18(40)12(6-32)47-28/h8-25,27-29,36,38-44H,3-7,31-35H2,1-2H3,(H,37,45)/t8?,9?,10-,11+,12+,13-,14+,15-,16-,17?,18-,19+,20-,21+,22-,23-,24-,25-,27-,28-,29+/m1/s1. The van der Waals surface area contributed by atoms with Crippen LogP contribution in [0.2, 0.25) is 0 Å². The first-order chi connectivity index (χ1) is 24.1. The summed E-state index contributed by atoms with van der Waals surface area (Å²) in [5.74, 6) is -1.32. The minimum Gasteiger partial charge on any atom is -0.394 e. The lowest BCUT2D eigenvalue weighted by atomic mass is 9.81. The fraction of sp³-hybridized carbons (Fsp3) is 0.966. The minimum atomic E-state index is -2.26. The van der Waals surface area contributed by atoms with Crippen molar-refractivity contribution < 1.29 is 73.4 Å². The lowest BCUT2D eigenvalue weighted by Crippen LogP contribution is -2.73. The predicted octanol–water partition coefficient (Wildman–Crippen LogP) is -8.40. The summed E-state index contributed by atoms with van der Waals surface area (Å²) in [7, 11) is 1.75. The van der Waals surface area contributed by atoms with Crippen LogP contribution < -0.4 is 39.3 Å². The maximum absolute atomic E-state index is 14.1.